The first-order valence-corrected chi connectivity index (χ1v) is 11.3. The van der Waals surface area contributed by atoms with Crippen molar-refractivity contribution in [2.24, 2.45) is 4.99 Å². The van der Waals surface area contributed by atoms with Crippen molar-refractivity contribution in [1.29, 1.82) is 0 Å². The summed E-state index contributed by atoms with van der Waals surface area (Å²) in [7, 11) is -1.74. The summed E-state index contributed by atoms with van der Waals surface area (Å²) < 4.78 is 105. The first-order chi connectivity index (χ1) is 15.3. The van der Waals surface area contributed by atoms with Crippen LogP contribution < -0.4 is 0 Å². The topological polar surface area (TPSA) is 53.0 Å². The standard InChI is InChI=1S/C21H21F6N3O2S/c1-29-6-8-30(9-7-29)33(31,32)19-4-2-15(3-5-19)13-28-14-16-10-17(20(22,23)24)12-18(11-16)21(25,26)27/h2-5,10-12,14H,6-9,13H2,1H3. The van der Waals surface area contributed by atoms with E-state index in [0.717, 1.165) is 6.21 Å². The molecule has 1 fully saturated rings. The zero-order valence-electron chi connectivity index (χ0n) is 17.5. The van der Waals surface area contributed by atoms with Crippen molar-refractivity contribution in [3.63, 3.8) is 0 Å². The van der Waals surface area contributed by atoms with E-state index in [4.69, 9.17) is 0 Å². The summed E-state index contributed by atoms with van der Waals surface area (Å²) in [5, 5.41) is 0. The molecule has 0 bridgehead atoms. The number of piperazine rings is 1. The molecule has 1 heterocycles. The van der Waals surface area contributed by atoms with E-state index in [1.807, 2.05) is 11.9 Å². The van der Waals surface area contributed by atoms with Gasteiger partial charge in [-0.2, -0.15) is 30.6 Å². The molecule has 0 saturated carbocycles. The average molecular weight is 493 g/mol. The highest BCUT2D eigenvalue weighted by Gasteiger charge is 2.36. The van der Waals surface area contributed by atoms with Crippen molar-refractivity contribution >= 4 is 16.2 Å². The van der Waals surface area contributed by atoms with Crippen molar-refractivity contribution in [2.75, 3.05) is 33.2 Å². The lowest BCUT2D eigenvalue weighted by atomic mass is 10.1. The largest absolute Gasteiger partial charge is 0.416 e. The van der Waals surface area contributed by atoms with Crippen molar-refractivity contribution in [1.82, 2.24) is 9.21 Å². The monoisotopic (exact) mass is 493 g/mol. The number of aliphatic imine (C=N–C) groups is 1. The predicted molar refractivity (Wildman–Crippen MR) is 110 cm³/mol. The number of likely N-dealkylation sites (N-methyl/N-ethyl adjacent to an activating group) is 1. The zero-order chi connectivity index (χ0) is 24.4. The Balaban J connectivity index is 1.73. The average Bonchev–Trinajstić information content (AvgIpc) is 2.73. The van der Waals surface area contributed by atoms with E-state index in [2.05, 4.69) is 4.99 Å². The first kappa shape index (κ1) is 25.2. The lowest BCUT2D eigenvalue weighted by Gasteiger charge is -2.31. The maximum absolute atomic E-state index is 12.9. The third-order valence-electron chi connectivity index (χ3n) is 5.15. The second kappa shape index (κ2) is 9.43. The van der Waals surface area contributed by atoms with Gasteiger partial charge in [-0.25, -0.2) is 8.42 Å². The summed E-state index contributed by atoms with van der Waals surface area (Å²) in [6.07, 6.45) is -8.94. The van der Waals surface area contributed by atoms with Crippen LogP contribution in [-0.2, 0) is 28.9 Å². The molecule has 0 radical (unpaired) electrons. The van der Waals surface area contributed by atoms with E-state index in [0.29, 0.717) is 43.9 Å². The molecule has 1 aliphatic rings. The lowest BCUT2D eigenvalue weighted by molar-refractivity contribution is -0.143. The molecule has 12 heteroatoms. The fourth-order valence-corrected chi connectivity index (χ4v) is 4.68. The Kier molecular flexibility index (Phi) is 7.20. The molecule has 2 aromatic rings. The van der Waals surface area contributed by atoms with Crippen LogP contribution in [-0.4, -0.2) is 57.1 Å². The van der Waals surface area contributed by atoms with Crippen LogP contribution in [0, 0.1) is 0 Å². The quantitative estimate of drug-likeness (QED) is 0.462. The van der Waals surface area contributed by atoms with Crippen molar-refractivity contribution in [3.8, 4) is 0 Å². The highest BCUT2D eigenvalue weighted by atomic mass is 32.2. The molecule has 1 saturated heterocycles. The molecular formula is C21H21F6N3O2S. The Morgan fingerprint density at radius 3 is 1.88 bits per heavy atom. The van der Waals surface area contributed by atoms with Gasteiger partial charge in [0, 0.05) is 32.4 Å². The molecule has 0 spiro atoms. The van der Waals surface area contributed by atoms with Crippen LogP contribution in [0.15, 0.2) is 52.4 Å². The fraction of sp³-hybridized carbons (Fsp3) is 0.381. The minimum Gasteiger partial charge on any atom is -0.304 e. The number of rotatable bonds is 5. The van der Waals surface area contributed by atoms with E-state index in [1.54, 1.807) is 0 Å². The van der Waals surface area contributed by atoms with Crippen LogP contribution >= 0.6 is 0 Å². The Bertz CT molecular complexity index is 1070. The zero-order valence-corrected chi connectivity index (χ0v) is 18.3. The second-order valence-corrected chi connectivity index (χ2v) is 9.60. The molecule has 2 aromatic carbocycles. The third kappa shape index (κ3) is 6.33. The van der Waals surface area contributed by atoms with Gasteiger partial charge in [0.25, 0.3) is 0 Å². The Morgan fingerprint density at radius 1 is 0.879 bits per heavy atom. The van der Waals surface area contributed by atoms with E-state index < -0.39 is 33.5 Å². The molecule has 33 heavy (non-hydrogen) atoms. The van der Waals surface area contributed by atoms with Gasteiger partial charge in [-0.3, -0.25) is 4.99 Å². The van der Waals surface area contributed by atoms with Gasteiger partial charge in [0.15, 0.2) is 0 Å². The normalized spacial score (nSPS) is 17.1. The smallest absolute Gasteiger partial charge is 0.304 e. The Hall–Kier alpha value is -2.44. The van der Waals surface area contributed by atoms with Gasteiger partial charge in [0.05, 0.1) is 22.6 Å². The van der Waals surface area contributed by atoms with Gasteiger partial charge in [-0.1, -0.05) is 12.1 Å². The molecule has 0 unspecified atom stereocenters. The first-order valence-electron chi connectivity index (χ1n) is 9.84. The van der Waals surface area contributed by atoms with Crippen molar-refractivity contribution < 1.29 is 34.8 Å². The summed E-state index contributed by atoms with van der Waals surface area (Å²) in [6, 6.07) is 7.06. The van der Waals surface area contributed by atoms with Crippen molar-refractivity contribution in [3.05, 3.63) is 64.7 Å². The number of benzene rings is 2. The second-order valence-electron chi connectivity index (χ2n) is 7.66. The number of alkyl halides is 6. The van der Waals surface area contributed by atoms with Crippen LogP contribution in [0.1, 0.15) is 22.3 Å². The number of sulfonamides is 1. The molecule has 0 amide bonds. The number of halogens is 6. The SMILES string of the molecule is CN1CCN(S(=O)(=O)c2ccc(CN=Cc3cc(C(F)(F)F)cc(C(F)(F)F)c3)cc2)CC1. The summed E-state index contributed by atoms with van der Waals surface area (Å²) in [4.78, 5) is 6.05. The number of hydrogen-bond acceptors (Lipinski definition) is 4. The Labute approximate surface area is 187 Å². The minimum absolute atomic E-state index is 0.0492. The van der Waals surface area contributed by atoms with Crippen LogP contribution in [0.2, 0.25) is 0 Å². The van der Waals surface area contributed by atoms with Crippen molar-refractivity contribution in [2.45, 2.75) is 23.8 Å². The van der Waals surface area contributed by atoms with Crippen LogP contribution in [0.4, 0.5) is 26.3 Å². The van der Waals surface area contributed by atoms with E-state index in [1.165, 1.54) is 28.6 Å². The maximum atomic E-state index is 12.9. The third-order valence-corrected chi connectivity index (χ3v) is 7.06. The van der Waals surface area contributed by atoms with E-state index >= 15 is 0 Å². The highest BCUT2D eigenvalue weighted by molar-refractivity contribution is 7.89. The molecule has 3 rings (SSSR count). The molecule has 0 aliphatic carbocycles. The van der Waals surface area contributed by atoms with Gasteiger partial charge in [-0.15, -0.1) is 0 Å². The fourth-order valence-electron chi connectivity index (χ4n) is 3.25. The molecule has 0 N–H and O–H groups in total. The lowest BCUT2D eigenvalue weighted by Crippen LogP contribution is -2.46. The number of nitrogens with zero attached hydrogens (tertiary/aromatic N) is 3. The van der Waals surface area contributed by atoms with Gasteiger partial charge in [0.2, 0.25) is 10.0 Å². The summed E-state index contributed by atoms with van der Waals surface area (Å²) >= 11 is 0. The van der Waals surface area contributed by atoms with E-state index in [9.17, 15) is 34.8 Å². The van der Waals surface area contributed by atoms with Gasteiger partial charge < -0.3 is 4.90 Å². The molecule has 5 nitrogen and oxygen atoms in total. The van der Waals surface area contributed by atoms with Gasteiger partial charge >= 0.3 is 12.4 Å². The maximum Gasteiger partial charge on any atom is 0.416 e. The highest BCUT2D eigenvalue weighted by Crippen LogP contribution is 2.36. The van der Waals surface area contributed by atoms with Crippen LogP contribution in [0.5, 0.6) is 0 Å². The molecule has 180 valence electrons. The summed E-state index contributed by atoms with van der Waals surface area (Å²) in [6.45, 7) is 1.95. The van der Waals surface area contributed by atoms with E-state index in [-0.39, 0.29) is 23.1 Å². The molecular weight excluding hydrogens is 472 g/mol. The predicted octanol–water partition coefficient (Wildman–Crippen LogP) is 4.28. The summed E-state index contributed by atoms with van der Waals surface area (Å²) in [5.74, 6) is 0. The molecule has 0 atom stereocenters. The van der Waals surface area contributed by atoms with Gasteiger partial charge in [0.1, 0.15) is 0 Å². The molecule has 0 aromatic heterocycles. The van der Waals surface area contributed by atoms with Crippen LogP contribution in [0.25, 0.3) is 0 Å². The molecule has 1 aliphatic heterocycles. The number of hydrogen-bond donors (Lipinski definition) is 0. The summed E-state index contributed by atoms with van der Waals surface area (Å²) in [5.41, 5.74) is -2.63. The minimum atomic E-state index is -4.94. The van der Waals surface area contributed by atoms with Gasteiger partial charge in [-0.05, 0) is 48.5 Å². The Morgan fingerprint density at radius 2 is 1.39 bits per heavy atom. The van der Waals surface area contributed by atoms with Crippen LogP contribution in [0.3, 0.4) is 0 Å².